The van der Waals surface area contributed by atoms with Gasteiger partial charge < -0.3 is 9.47 Å². The fourth-order valence-electron chi connectivity index (χ4n) is 4.17. The lowest BCUT2D eigenvalue weighted by molar-refractivity contribution is 0.198. The van der Waals surface area contributed by atoms with Crippen LogP contribution in [-0.2, 0) is 6.54 Å². The van der Waals surface area contributed by atoms with E-state index in [4.69, 9.17) is 9.47 Å². The first kappa shape index (κ1) is 19.5. The third kappa shape index (κ3) is 4.27. The Morgan fingerprint density at radius 2 is 2.00 bits per heavy atom. The maximum atomic E-state index is 13.7. The number of benzene rings is 2. The Morgan fingerprint density at radius 1 is 1.14 bits per heavy atom. The van der Waals surface area contributed by atoms with Crippen molar-refractivity contribution >= 4 is 0 Å². The molecule has 2 aromatic carbocycles. The number of methoxy groups -OCH3 is 2. The molecule has 0 bridgehead atoms. The molecule has 0 saturated carbocycles. The Hall–Kier alpha value is -2.86. The van der Waals surface area contributed by atoms with Crippen molar-refractivity contribution in [1.82, 2.24) is 15.1 Å². The van der Waals surface area contributed by atoms with Gasteiger partial charge in [-0.25, -0.2) is 4.39 Å². The second kappa shape index (κ2) is 8.66. The summed E-state index contributed by atoms with van der Waals surface area (Å²) in [5.74, 6) is 1.60. The smallest absolute Gasteiger partial charge is 0.161 e. The van der Waals surface area contributed by atoms with Crippen molar-refractivity contribution in [1.29, 1.82) is 0 Å². The van der Waals surface area contributed by atoms with Crippen LogP contribution in [0, 0.1) is 5.82 Å². The van der Waals surface area contributed by atoms with Crippen LogP contribution in [0.2, 0.25) is 0 Å². The molecule has 0 amide bonds. The number of ether oxygens (including phenoxy) is 2. The molecule has 3 aromatic rings. The summed E-state index contributed by atoms with van der Waals surface area (Å²) in [6.07, 6.45) is 4.00. The number of piperidine rings is 1. The summed E-state index contributed by atoms with van der Waals surface area (Å²) in [6, 6.07) is 12.8. The monoisotopic (exact) mass is 395 g/mol. The summed E-state index contributed by atoms with van der Waals surface area (Å²) in [5, 5.41) is 7.43. The van der Waals surface area contributed by atoms with Gasteiger partial charge in [0.05, 0.1) is 20.4 Å². The van der Waals surface area contributed by atoms with Gasteiger partial charge in [0, 0.05) is 30.3 Å². The van der Waals surface area contributed by atoms with Gasteiger partial charge in [-0.3, -0.25) is 10.00 Å². The molecule has 1 fully saturated rings. The van der Waals surface area contributed by atoms with Gasteiger partial charge in [0.1, 0.15) is 5.82 Å². The lowest BCUT2D eigenvalue weighted by Crippen LogP contribution is -2.34. The molecule has 29 heavy (non-hydrogen) atoms. The number of halogens is 1. The Bertz CT molecular complexity index is 972. The van der Waals surface area contributed by atoms with E-state index >= 15 is 0 Å². The Kier molecular flexibility index (Phi) is 5.81. The summed E-state index contributed by atoms with van der Waals surface area (Å²) in [7, 11) is 3.30. The molecule has 6 heteroatoms. The highest BCUT2D eigenvalue weighted by molar-refractivity contribution is 5.65. The number of rotatable bonds is 6. The fourth-order valence-corrected chi connectivity index (χ4v) is 4.17. The third-order valence-corrected chi connectivity index (χ3v) is 5.57. The maximum Gasteiger partial charge on any atom is 0.161 e. The predicted molar refractivity (Wildman–Crippen MR) is 111 cm³/mol. The van der Waals surface area contributed by atoms with Gasteiger partial charge in [-0.1, -0.05) is 18.2 Å². The minimum atomic E-state index is -0.228. The van der Waals surface area contributed by atoms with E-state index in [9.17, 15) is 4.39 Å². The summed E-state index contributed by atoms with van der Waals surface area (Å²) in [4.78, 5) is 2.45. The molecule has 1 aliphatic rings. The highest BCUT2D eigenvalue weighted by Crippen LogP contribution is 2.34. The van der Waals surface area contributed by atoms with Crippen molar-refractivity contribution in [3.63, 3.8) is 0 Å². The van der Waals surface area contributed by atoms with Crippen molar-refractivity contribution in [3.05, 3.63) is 65.7 Å². The van der Waals surface area contributed by atoms with Crippen LogP contribution >= 0.6 is 0 Å². The number of likely N-dealkylation sites (tertiary alicyclic amines) is 1. The molecule has 0 radical (unpaired) electrons. The van der Waals surface area contributed by atoms with Crippen molar-refractivity contribution in [3.8, 4) is 22.6 Å². The van der Waals surface area contributed by atoms with E-state index in [1.54, 1.807) is 32.5 Å². The minimum Gasteiger partial charge on any atom is -0.493 e. The second-order valence-electron chi connectivity index (χ2n) is 7.47. The number of aromatic amines is 1. The van der Waals surface area contributed by atoms with Crippen LogP contribution in [0.1, 0.15) is 30.0 Å². The molecule has 0 spiro atoms. The molecular formula is C23H26FN3O2. The van der Waals surface area contributed by atoms with Crippen LogP contribution < -0.4 is 9.47 Å². The molecule has 1 aromatic heterocycles. The summed E-state index contributed by atoms with van der Waals surface area (Å²) < 4.78 is 24.5. The van der Waals surface area contributed by atoms with Gasteiger partial charge in [0.25, 0.3) is 0 Å². The summed E-state index contributed by atoms with van der Waals surface area (Å²) in [5.41, 5.74) is 4.14. The molecule has 1 saturated heterocycles. The topological polar surface area (TPSA) is 50.4 Å². The minimum absolute atomic E-state index is 0.228. The van der Waals surface area contributed by atoms with E-state index in [0.717, 1.165) is 60.8 Å². The van der Waals surface area contributed by atoms with Crippen LogP contribution in [0.4, 0.5) is 4.39 Å². The van der Waals surface area contributed by atoms with Gasteiger partial charge >= 0.3 is 0 Å². The summed E-state index contributed by atoms with van der Waals surface area (Å²) >= 11 is 0. The highest BCUT2D eigenvalue weighted by atomic mass is 19.1. The molecule has 5 nitrogen and oxygen atoms in total. The first-order valence-electron chi connectivity index (χ1n) is 9.90. The van der Waals surface area contributed by atoms with E-state index in [0.29, 0.717) is 5.92 Å². The third-order valence-electron chi connectivity index (χ3n) is 5.57. The zero-order valence-corrected chi connectivity index (χ0v) is 16.8. The van der Waals surface area contributed by atoms with E-state index in [1.165, 1.54) is 11.6 Å². The van der Waals surface area contributed by atoms with Crippen molar-refractivity contribution in [2.75, 3.05) is 27.3 Å². The number of aromatic nitrogens is 2. The normalized spacial score (nSPS) is 17.3. The van der Waals surface area contributed by atoms with E-state index in [1.807, 2.05) is 18.2 Å². The molecule has 0 aliphatic carbocycles. The lowest BCUT2D eigenvalue weighted by atomic mass is 9.90. The standard InChI is InChI=1S/C23H26FN3O2/c1-28-21-9-8-16(11-22(21)29-2)14-27-10-4-6-18(15-27)23-20(13-25-26-23)17-5-3-7-19(24)12-17/h3,5,7-9,11-13,18H,4,6,10,14-15H2,1-2H3,(H,25,26)/t18-/m1/s1. The number of nitrogens with one attached hydrogen (secondary N) is 1. The van der Waals surface area contributed by atoms with Crippen molar-refractivity contribution in [2.45, 2.75) is 25.3 Å². The number of hydrogen-bond donors (Lipinski definition) is 1. The second-order valence-corrected chi connectivity index (χ2v) is 7.47. The zero-order chi connectivity index (χ0) is 20.2. The van der Waals surface area contributed by atoms with E-state index in [2.05, 4.69) is 21.2 Å². The molecule has 1 atom stereocenters. The van der Waals surface area contributed by atoms with Crippen LogP contribution in [-0.4, -0.2) is 42.4 Å². The lowest BCUT2D eigenvalue weighted by Gasteiger charge is -2.32. The van der Waals surface area contributed by atoms with Crippen molar-refractivity contribution < 1.29 is 13.9 Å². The van der Waals surface area contributed by atoms with Gasteiger partial charge in [0.2, 0.25) is 0 Å². The molecule has 2 heterocycles. The maximum absolute atomic E-state index is 13.7. The molecule has 4 rings (SSSR count). The Labute approximate surface area is 170 Å². The SMILES string of the molecule is COc1ccc(CN2CCC[C@@H](c3[nH]ncc3-c3cccc(F)c3)C2)cc1OC. The van der Waals surface area contributed by atoms with Gasteiger partial charge in [0.15, 0.2) is 11.5 Å². The zero-order valence-electron chi connectivity index (χ0n) is 16.8. The molecule has 0 unspecified atom stereocenters. The van der Waals surface area contributed by atoms with Crippen LogP contribution in [0.3, 0.4) is 0 Å². The summed E-state index contributed by atoms with van der Waals surface area (Å²) in [6.45, 7) is 2.83. The fraction of sp³-hybridized carbons (Fsp3) is 0.348. The van der Waals surface area contributed by atoms with Gasteiger partial charge in [-0.05, 0) is 54.8 Å². The first-order chi connectivity index (χ1) is 14.2. The Balaban J connectivity index is 1.51. The Morgan fingerprint density at radius 3 is 2.79 bits per heavy atom. The average molecular weight is 395 g/mol. The van der Waals surface area contributed by atoms with Crippen molar-refractivity contribution in [2.24, 2.45) is 0 Å². The number of hydrogen-bond acceptors (Lipinski definition) is 4. The van der Waals surface area contributed by atoms with Crippen LogP contribution in [0.5, 0.6) is 11.5 Å². The van der Waals surface area contributed by atoms with Gasteiger partial charge in [-0.15, -0.1) is 0 Å². The molecule has 152 valence electrons. The molecular weight excluding hydrogens is 369 g/mol. The number of nitrogens with zero attached hydrogens (tertiary/aromatic N) is 2. The number of H-pyrrole nitrogens is 1. The average Bonchev–Trinajstić information content (AvgIpc) is 3.24. The van der Waals surface area contributed by atoms with Gasteiger partial charge in [-0.2, -0.15) is 5.10 Å². The van der Waals surface area contributed by atoms with Crippen LogP contribution in [0.25, 0.3) is 11.1 Å². The quantitative estimate of drug-likeness (QED) is 0.662. The van der Waals surface area contributed by atoms with E-state index in [-0.39, 0.29) is 5.82 Å². The van der Waals surface area contributed by atoms with E-state index < -0.39 is 0 Å². The first-order valence-corrected chi connectivity index (χ1v) is 9.90. The molecule has 1 aliphatic heterocycles. The molecule has 1 N–H and O–H groups in total. The highest BCUT2D eigenvalue weighted by Gasteiger charge is 2.25. The predicted octanol–water partition coefficient (Wildman–Crippen LogP) is 4.61. The largest absolute Gasteiger partial charge is 0.493 e. The van der Waals surface area contributed by atoms with Crippen LogP contribution in [0.15, 0.2) is 48.7 Å².